The first-order valence-corrected chi connectivity index (χ1v) is 7.89. The molecule has 0 aromatic rings. The molecular formula is C15H22N2O6. The van der Waals surface area contributed by atoms with Gasteiger partial charge in [0, 0.05) is 6.54 Å². The minimum Gasteiger partial charge on any atom is -0.481 e. The number of carbonyl (C=O) groups is 4. The van der Waals surface area contributed by atoms with Crippen molar-refractivity contribution >= 4 is 23.8 Å². The van der Waals surface area contributed by atoms with Gasteiger partial charge in [0.25, 0.3) is 0 Å². The molecule has 0 aromatic carbocycles. The highest BCUT2D eigenvalue weighted by atomic mass is 16.4. The smallest absolute Gasteiger partial charge is 0.326 e. The molecule has 2 amide bonds. The zero-order chi connectivity index (χ0) is 17.1. The van der Waals surface area contributed by atoms with E-state index in [0.717, 1.165) is 0 Å². The van der Waals surface area contributed by atoms with Gasteiger partial charge in [-0.05, 0) is 32.6 Å². The maximum absolute atomic E-state index is 12.4. The Kier molecular flexibility index (Phi) is 5.23. The summed E-state index contributed by atoms with van der Waals surface area (Å²) in [5.74, 6) is -4.26. The predicted octanol–water partition coefficient (Wildman–Crippen LogP) is 0.0676. The Balaban J connectivity index is 1.96. The lowest BCUT2D eigenvalue weighted by Crippen LogP contribution is -2.51. The van der Waals surface area contributed by atoms with E-state index < -0.39 is 47.7 Å². The number of likely N-dealkylation sites (tertiary alicyclic amines) is 1. The summed E-state index contributed by atoms with van der Waals surface area (Å²) in [7, 11) is 0. The van der Waals surface area contributed by atoms with Gasteiger partial charge in [-0.1, -0.05) is 6.42 Å². The molecule has 128 valence electrons. The third kappa shape index (κ3) is 3.62. The summed E-state index contributed by atoms with van der Waals surface area (Å²) < 4.78 is 0. The summed E-state index contributed by atoms with van der Waals surface area (Å²) in [6, 6.07) is -1.71. The van der Waals surface area contributed by atoms with Crippen molar-refractivity contribution in [2.24, 2.45) is 11.8 Å². The number of amides is 2. The van der Waals surface area contributed by atoms with Crippen LogP contribution >= 0.6 is 0 Å². The maximum atomic E-state index is 12.4. The van der Waals surface area contributed by atoms with Crippen LogP contribution in [0, 0.1) is 11.8 Å². The molecule has 0 radical (unpaired) electrons. The Morgan fingerprint density at radius 1 is 1.00 bits per heavy atom. The Labute approximate surface area is 133 Å². The molecule has 8 nitrogen and oxygen atoms in total. The Hall–Kier alpha value is -2.12. The lowest BCUT2D eigenvalue weighted by Gasteiger charge is -2.26. The van der Waals surface area contributed by atoms with E-state index in [4.69, 9.17) is 10.2 Å². The molecule has 23 heavy (non-hydrogen) atoms. The Bertz CT molecular complexity index is 520. The highest BCUT2D eigenvalue weighted by Gasteiger charge is 2.40. The fraction of sp³-hybridized carbons (Fsp3) is 0.733. The van der Waals surface area contributed by atoms with Crippen molar-refractivity contribution in [2.45, 2.75) is 51.1 Å². The van der Waals surface area contributed by atoms with Crippen LogP contribution in [0.25, 0.3) is 0 Å². The van der Waals surface area contributed by atoms with Crippen molar-refractivity contribution in [3.8, 4) is 0 Å². The normalized spacial score (nSPS) is 28.4. The fourth-order valence-electron chi connectivity index (χ4n) is 3.49. The summed E-state index contributed by atoms with van der Waals surface area (Å²) >= 11 is 0. The minimum atomic E-state index is -1.05. The van der Waals surface area contributed by atoms with Crippen LogP contribution in [-0.4, -0.2) is 57.5 Å². The van der Waals surface area contributed by atoms with E-state index in [1.54, 1.807) is 0 Å². The summed E-state index contributed by atoms with van der Waals surface area (Å²) in [5, 5.41) is 20.8. The summed E-state index contributed by atoms with van der Waals surface area (Å²) in [4.78, 5) is 48.2. The maximum Gasteiger partial charge on any atom is 0.326 e. The molecular weight excluding hydrogens is 304 g/mol. The Morgan fingerprint density at radius 2 is 1.65 bits per heavy atom. The molecule has 1 saturated carbocycles. The second-order valence-electron chi connectivity index (χ2n) is 6.24. The van der Waals surface area contributed by atoms with E-state index >= 15 is 0 Å². The lowest BCUT2D eigenvalue weighted by molar-refractivity contribution is -0.150. The van der Waals surface area contributed by atoms with Gasteiger partial charge in [-0.3, -0.25) is 14.4 Å². The van der Waals surface area contributed by atoms with E-state index in [-0.39, 0.29) is 0 Å². The number of hydrogen-bond donors (Lipinski definition) is 3. The molecule has 0 unspecified atom stereocenters. The zero-order valence-electron chi connectivity index (χ0n) is 13.0. The van der Waals surface area contributed by atoms with E-state index in [0.29, 0.717) is 38.6 Å². The molecule has 2 aliphatic rings. The number of carboxylic acids is 2. The van der Waals surface area contributed by atoms with Crippen LogP contribution in [-0.2, 0) is 19.2 Å². The van der Waals surface area contributed by atoms with Gasteiger partial charge < -0.3 is 20.4 Å². The summed E-state index contributed by atoms with van der Waals surface area (Å²) in [6.07, 6.45) is 2.65. The third-order valence-corrected chi connectivity index (χ3v) is 4.72. The second kappa shape index (κ2) is 6.97. The van der Waals surface area contributed by atoms with Crippen molar-refractivity contribution in [1.82, 2.24) is 10.2 Å². The van der Waals surface area contributed by atoms with Crippen molar-refractivity contribution in [3.63, 3.8) is 0 Å². The minimum absolute atomic E-state index is 0.358. The molecule has 4 atom stereocenters. The van der Waals surface area contributed by atoms with Gasteiger partial charge in [-0.15, -0.1) is 0 Å². The quantitative estimate of drug-likeness (QED) is 0.656. The van der Waals surface area contributed by atoms with Gasteiger partial charge in [-0.2, -0.15) is 0 Å². The van der Waals surface area contributed by atoms with Crippen LogP contribution in [0.1, 0.15) is 39.0 Å². The summed E-state index contributed by atoms with van der Waals surface area (Å²) in [6.45, 7) is 1.86. The monoisotopic (exact) mass is 326 g/mol. The molecule has 8 heteroatoms. The highest BCUT2D eigenvalue weighted by molar-refractivity contribution is 5.92. The molecule has 2 fully saturated rings. The van der Waals surface area contributed by atoms with Crippen LogP contribution in [0.3, 0.4) is 0 Å². The number of nitrogens with one attached hydrogen (secondary N) is 1. The average molecular weight is 326 g/mol. The summed E-state index contributed by atoms with van der Waals surface area (Å²) in [5.41, 5.74) is 0. The molecule has 2 rings (SSSR count). The fourth-order valence-corrected chi connectivity index (χ4v) is 3.49. The lowest BCUT2D eigenvalue weighted by atomic mass is 9.95. The first-order valence-electron chi connectivity index (χ1n) is 7.89. The molecule has 1 aliphatic heterocycles. The van der Waals surface area contributed by atoms with E-state index in [9.17, 15) is 19.2 Å². The van der Waals surface area contributed by atoms with Crippen molar-refractivity contribution < 1.29 is 29.4 Å². The Morgan fingerprint density at radius 3 is 2.26 bits per heavy atom. The van der Waals surface area contributed by atoms with Crippen molar-refractivity contribution in [1.29, 1.82) is 0 Å². The first-order chi connectivity index (χ1) is 10.8. The van der Waals surface area contributed by atoms with E-state index in [1.807, 2.05) is 0 Å². The molecule has 1 saturated heterocycles. The predicted molar refractivity (Wildman–Crippen MR) is 78.4 cm³/mol. The topological polar surface area (TPSA) is 124 Å². The third-order valence-electron chi connectivity index (χ3n) is 4.72. The SMILES string of the molecule is C[C@H](NC(=O)[C@@H]1CCC[C@H]1C(=O)O)C(=O)N1CCC[C@H]1C(=O)O. The number of nitrogens with zero attached hydrogens (tertiary/aromatic N) is 1. The van der Waals surface area contributed by atoms with Crippen LogP contribution in [0.15, 0.2) is 0 Å². The van der Waals surface area contributed by atoms with Crippen molar-refractivity contribution in [2.75, 3.05) is 6.54 Å². The number of hydrogen-bond acceptors (Lipinski definition) is 4. The van der Waals surface area contributed by atoms with Gasteiger partial charge in [0.15, 0.2) is 0 Å². The molecule has 0 bridgehead atoms. The zero-order valence-corrected chi connectivity index (χ0v) is 13.0. The van der Waals surface area contributed by atoms with E-state index in [2.05, 4.69) is 5.32 Å². The van der Waals surface area contributed by atoms with Gasteiger partial charge in [0.1, 0.15) is 12.1 Å². The molecule has 0 aromatic heterocycles. The van der Waals surface area contributed by atoms with Crippen molar-refractivity contribution in [3.05, 3.63) is 0 Å². The largest absolute Gasteiger partial charge is 0.481 e. The number of carbonyl (C=O) groups excluding carboxylic acids is 2. The average Bonchev–Trinajstić information content (AvgIpc) is 3.14. The van der Waals surface area contributed by atoms with Crippen LogP contribution in [0.2, 0.25) is 0 Å². The second-order valence-corrected chi connectivity index (χ2v) is 6.24. The van der Waals surface area contributed by atoms with Gasteiger partial charge in [0.05, 0.1) is 11.8 Å². The van der Waals surface area contributed by atoms with Gasteiger partial charge in [0.2, 0.25) is 11.8 Å². The van der Waals surface area contributed by atoms with E-state index in [1.165, 1.54) is 11.8 Å². The number of rotatable bonds is 5. The van der Waals surface area contributed by atoms with Gasteiger partial charge in [-0.25, -0.2) is 4.79 Å². The molecule has 1 heterocycles. The number of aliphatic carboxylic acids is 2. The molecule has 3 N–H and O–H groups in total. The molecule has 1 aliphatic carbocycles. The van der Waals surface area contributed by atoms with Crippen LogP contribution < -0.4 is 5.32 Å². The standard InChI is InChI=1S/C15H22N2O6/c1-8(13(19)17-7-3-6-11(17)15(22)23)16-12(18)9-4-2-5-10(9)14(20)21/h8-11H,2-7H2,1H3,(H,16,18)(H,20,21)(H,22,23)/t8-,9+,10+,11-/m0/s1. The molecule has 0 spiro atoms. The number of carboxylic acid groups (broad SMARTS) is 2. The van der Waals surface area contributed by atoms with Crippen LogP contribution in [0.4, 0.5) is 0 Å². The van der Waals surface area contributed by atoms with Crippen LogP contribution in [0.5, 0.6) is 0 Å². The highest BCUT2D eigenvalue weighted by Crippen LogP contribution is 2.32. The first kappa shape index (κ1) is 17.2. The van der Waals surface area contributed by atoms with Gasteiger partial charge >= 0.3 is 11.9 Å².